The summed E-state index contributed by atoms with van der Waals surface area (Å²) in [7, 11) is 0. The molecule has 1 atom stereocenters. The van der Waals surface area contributed by atoms with E-state index in [4.69, 9.17) is 0 Å². The minimum Gasteiger partial charge on any atom is -0.480 e. The van der Waals surface area contributed by atoms with Gasteiger partial charge in [-0.25, -0.2) is 9.59 Å². The fraction of sp³-hybridized carbons (Fsp3) is 0.875. The van der Waals surface area contributed by atoms with Gasteiger partial charge in [0.15, 0.2) is 0 Å². The second kappa shape index (κ2) is 7.14. The van der Waals surface area contributed by atoms with Gasteiger partial charge in [0.2, 0.25) is 0 Å². The number of likely N-dealkylation sites (tertiary alicyclic amines) is 1. The summed E-state index contributed by atoms with van der Waals surface area (Å²) in [5.41, 5.74) is -0.813. The number of hydrogen-bond acceptors (Lipinski definition) is 2. The van der Waals surface area contributed by atoms with E-state index in [0.717, 1.165) is 45.2 Å². The fourth-order valence-corrected chi connectivity index (χ4v) is 3.18. The zero-order valence-corrected chi connectivity index (χ0v) is 13.9. The van der Waals surface area contributed by atoms with Crippen LogP contribution in [0.4, 0.5) is 4.79 Å². The SMILES string of the molecule is CCCC(C)(NC(=O)N1CCC(CC)(CC)CC1)C(=O)O. The van der Waals surface area contributed by atoms with E-state index in [-0.39, 0.29) is 6.03 Å². The zero-order chi connectivity index (χ0) is 16.1. The number of rotatable bonds is 6. The third-order valence-electron chi connectivity index (χ3n) is 5.22. The van der Waals surface area contributed by atoms with Crippen LogP contribution in [-0.4, -0.2) is 40.6 Å². The Kier molecular flexibility index (Phi) is 6.05. The minimum absolute atomic E-state index is 0.242. The lowest BCUT2D eigenvalue weighted by atomic mass is 9.74. The van der Waals surface area contributed by atoms with Crippen LogP contribution in [0.1, 0.15) is 66.2 Å². The number of nitrogens with one attached hydrogen (secondary N) is 1. The molecule has 0 aromatic rings. The summed E-state index contributed by atoms with van der Waals surface area (Å²) < 4.78 is 0. The van der Waals surface area contributed by atoms with Gasteiger partial charge in [-0.1, -0.05) is 40.0 Å². The first-order valence-electron chi connectivity index (χ1n) is 8.13. The predicted molar refractivity (Wildman–Crippen MR) is 83.3 cm³/mol. The van der Waals surface area contributed by atoms with Crippen LogP contribution in [0.5, 0.6) is 0 Å². The number of carboxylic acid groups (broad SMARTS) is 1. The fourth-order valence-electron chi connectivity index (χ4n) is 3.18. The Morgan fingerprint density at radius 1 is 1.19 bits per heavy atom. The molecule has 1 unspecified atom stereocenters. The van der Waals surface area contributed by atoms with Gasteiger partial charge in [-0.3, -0.25) is 0 Å². The first-order valence-corrected chi connectivity index (χ1v) is 8.13. The summed E-state index contributed by atoms with van der Waals surface area (Å²) in [6.45, 7) is 9.36. The van der Waals surface area contributed by atoms with Crippen molar-refractivity contribution in [2.45, 2.75) is 71.8 Å². The van der Waals surface area contributed by atoms with Crippen LogP contribution in [0.3, 0.4) is 0 Å². The number of aliphatic carboxylic acids is 1. The molecule has 0 bridgehead atoms. The predicted octanol–water partition coefficient (Wildman–Crippen LogP) is 3.24. The maximum Gasteiger partial charge on any atom is 0.329 e. The second-order valence-electron chi connectivity index (χ2n) is 6.51. The maximum absolute atomic E-state index is 12.3. The number of piperidine rings is 1. The number of amides is 2. The number of carbonyl (C=O) groups excluding carboxylic acids is 1. The Morgan fingerprint density at radius 3 is 2.10 bits per heavy atom. The molecule has 21 heavy (non-hydrogen) atoms. The maximum atomic E-state index is 12.3. The lowest BCUT2D eigenvalue weighted by Crippen LogP contribution is -2.57. The van der Waals surface area contributed by atoms with Gasteiger partial charge in [0.25, 0.3) is 0 Å². The van der Waals surface area contributed by atoms with Gasteiger partial charge >= 0.3 is 12.0 Å². The van der Waals surface area contributed by atoms with E-state index in [0.29, 0.717) is 11.8 Å². The molecule has 0 aliphatic carbocycles. The first-order chi connectivity index (χ1) is 9.82. The molecule has 1 aliphatic heterocycles. The van der Waals surface area contributed by atoms with E-state index in [9.17, 15) is 14.7 Å². The van der Waals surface area contributed by atoms with Crippen LogP contribution in [0.15, 0.2) is 0 Å². The van der Waals surface area contributed by atoms with Crippen molar-refractivity contribution in [2.75, 3.05) is 13.1 Å². The highest BCUT2D eigenvalue weighted by atomic mass is 16.4. The van der Waals surface area contributed by atoms with Crippen LogP contribution in [0.2, 0.25) is 0 Å². The van der Waals surface area contributed by atoms with Gasteiger partial charge in [-0.2, -0.15) is 0 Å². The Labute approximate surface area is 128 Å². The molecule has 0 aromatic carbocycles. The molecule has 0 spiro atoms. The standard InChI is InChI=1S/C16H30N2O3/c1-5-8-15(4,13(19)20)17-14(21)18-11-9-16(6-2,7-3)10-12-18/h5-12H2,1-4H3,(H,17,21)(H,19,20). The minimum atomic E-state index is -1.17. The van der Waals surface area contributed by atoms with Crippen molar-refractivity contribution in [1.29, 1.82) is 0 Å². The first kappa shape index (κ1) is 17.8. The second-order valence-corrected chi connectivity index (χ2v) is 6.51. The topological polar surface area (TPSA) is 69.6 Å². The molecule has 1 fully saturated rings. The van der Waals surface area contributed by atoms with Gasteiger partial charge in [0.05, 0.1) is 0 Å². The van der Waals surface area contributed by atoms with E-state index >= 15 is 0 Å². The molecule has 1 rings (SSSR count). The lowest BCUT2D eigenvalue weighted by molar-refractivity contribution is -0.144. The molecule has 1 aliphatic rings. The van der Waals surface area contributed by atoms with Crippen molar-refractivity contribution in [2.24, 2.45) is 5.41 Å². The quantitative estimate of drug-likeness (QED) is 0.791. The van der Waals surface area contributed by atoms with E-state index in [1.165, 1.54) is 0 Å². The highest BCUT2D eigenvalue weighted by molar-refractivity contribution is 5.85. The summed E-state index contributed by atoms with van der Waals surface area (Å²) in [5, 5.41) is 12.1. The van der Waals surface area contributed by atoms with Gasteiger partial charge in [0, 0.05) is 13.1 Å². The van der Waals surface area contributed by atoms with Crippen molar-refractivity contribution in [3.8, 4) is 0 Å². The summed E-state index contributed by atoms with van der Waals surface area (Å²) in [4.78, 5) is 25.5. The average molecular weight is 298 g/mol. The summed E-state index contributed by atoms with van der Waals surface area (Å²) in [6.07, 6.45) is 5.45. The number of carboxylic acids is 1. The highest BCUT2D eigenvalue weighted by Gasteiger charge is 2.37. The Bertz CT molecular complexity index is 370. The third-order valence-corrected chi connectivity index (χ3v) is 5.22. The van der Waals surface area contributed by atoms with Gasteiger partial charge in [0.1, 0.15) is 5.54 Å². The van der Waals surface area contributed by atoms with Crippen molar-refractivity contribution in [3.63, 3.8) is 0 Å². The molecule has 5 heteroatoms. The molecule has 5 nitrogen and oxygen atoms in total. The monoisotopic (exact) mass is 298 g/mol. The van der Waals surface area contributed by atoms with Gasteiger partial charge in [-0.15, -0.1) is 0 Å². The number of carbonyl (C=O) groups is 2. The molecule has 0 aromatic heterocycles. The third kappa shape index (κ3) is 4.11. The van der Waals surface area contributed by atoms with Crippen LogP contribution >= 0.6 is 0 Å². The highest BCUT2D eigenvalue weighted by Crippen LogP contribution is 2.37. The van der Waals surface area contributed by atoms with Crippen LogP contribution < -0.4 is 5.32 Å². The zero-order valence-electron chi connectivity index (χ0n) is 13.9. The smallest absolute Gasteiger partial charge is 0.329 e. The Morgan fingerprint density at radius 2 is 1.71 bits per heavy atom. The van der Waals surface area contributed by atoms with E-state index in [2.05, 4.69) is 19.2 Å². The molecular weight excluding hydrogens is 268 g/mol. The van der Waals surface area contributed by atoms with Gasteiger partial charge in [-0.05, 0) is 31.6 Å². The molecule has 2 N–H and O–H groups in total. The van der Waals surface area contributed by atoms with Crippen LogP contribution in [0, 0.1) is 5.41 Å². The van der Waals surface area contributed by atoms with Gasteiger partial charge < -0.3 is 15.3 Å². The Balaban J connectivity index is 2.63. The summed E-state index contributed by atoms with van der Waals surface area (Å²) in [6, 6.07) is -0.242. The van der Waals surface area contributed by atoms with Crippen LogP contribution in [-0.2, 0) is 4.79 Å². The number of nitrogens with zero attached hydrogens (tertiary/aromatic N) is 1. The summed E-state index contributed by atoms with van der Waals surface area (Å²) in [5.74, 6) is -0.967. The molecule has 2 amide bonds. The summed E-state index contributed by atoms with van der Waals surface area (Å²) >= 11 is 0. The molecule has 122 valence electrons. The van der Waals surface area contributed by atoms with E-state index in [1.54, 1.807) is 11.8 Å². The normalized spacial score (nSPS) is 20.7. The average Bonchev–Trinajstić information content (AvgIpc) is 2.47. The lowest BCUT2D eigenvalue weighted by Gasteiger charge is -2.41. The molecule has 0 radical (unpaired) electrons. The molecular formula is C16H30N2O3. The van der Waals surface area contributed by atoms with Crippen molar-refractivity contribution in [1.82, 2.24) is 10.2 Å². The number of hydrogen-bond donors (Lipinski definition) is 2. The largest absolute Gasteiger partial charge is 0.480 e. The number of urea groups is 1. The molecule has 1 heterocycles. The van der Waals surface area contributed by atoms with Crippen molar-refractivity contribution < 1.29 is 14.7 Å². The Hall–Kier alpha value is -1.26. The van der Waals surface area contributed by atoms with Crippen molar-refractivity contribution >= 4 is 12.0 Å². The van der Waals surface area contributed by atoms with E-state index < -0.39 is 11.5 Å². The molecule has 0 saturated carbocycles. The van der Waals surface area contributed by atoms with E-state index in [1.807, 2.05) is 6.92 Å². The van der Waals surface area contributed by atoms with Crippen molar-refractivity contribution in [3.05, 3.63) is 0 Å². The van der Waals surface area contributed by atoms with Crippen LogP contribution in [0.25, 0.3) is 0 Å². The molecule has 1 saturated heterocycles.